The monoisotopic (exact) mass is 373 g/mol. The Bertz CT molecular complexity index is 833. The number of aromatic nitrogens is 2. The molecule has 26 heavy (non-hydrogen) atoms. The molecule has 1 amide bonds. The number of hydrogen-bond donors (Lipinski definition) is 1. The Hall–Kier alpha value is -2.87. The molecule has 0 unspecified atom stereocenters. The highest BCUT2D eigenvalue weighted by atomic mass is 32.1. The zero-order valence-electron chi connectivity index (χ0n) is 14.3. The van der Waals surface area contributed by atoms with Gasteiger partial charge in [0.15, 0.2) is 11.5 Å². The summed E-state index contributed by atoms with van der Waals surface area (Å²) in [7, 11) is 1.59. The van der Waals surface area contributed by atoms with Gasteiger partial charge in [0, 0.05) is 23.8 Å². The van der Waals surface area contributed by atoms with Crippen molar-refractivity contribution in [3.8, 4) is 22.9 Å². The molecule has 0 fully saturated rings. The minimum absolute atomic E-state index is 0.0936. The van der Waals surface area contributed by atoms with Crippen LogP contribution in [0.2, 0.25) is 0 Å². The van der Waals surface area contributed by atoms with Crippen LogP contribution in [0.5, 0.6) is 11.5 Å². The first-order valence-electron chi connectivity index (χ1n) is 8.14. The van der Waals surface area contributed by atoms with Crippen molar-refractivity contribution < 1.29 is 18.8 Å². The van der Waals surface area contributed by atoms with Crippen LogP contribution in [0, 0.1) is 0 Å². The summed E-state index contributed by atoms with van der Waals surface area (Å²) in [5.74, 6) is 2.22. The molecule has 136 valence electrons. The van der Waals surface area contributed by atoms with Crippen molar-refractivity contribution in [3.63, 3.8) is 0 Å². The molecule has 0 aliphatic heterocycles. The summed E-state index contributed by atoms with van der Waals surface area (Å²) >= 11 is 1.57. The van der Waals surface area contributed by atoms with Crippen LogP contribution in [-0.4, -0.2) is 36.3 Å². The summed E-state index contributed by atoms with van der Waals surface area (Å²) in [6, 6.07) is 9.30. The van der Waals surface area contributed by atoms with Crippen LogP contribution in [0.1, 0.15) is 12.3 Å². The van der Waals surface area contributed by atoms with Crippen LogP contribution in [0.15, 0.2) is 45.6 Å². The van der Waals surface area contributed by atoms with Gasteiger partial charge in [0.2, 0.25) is 17.6 Å². The van der Waals surface area contributed by atoms with Crippen molar-refractivity contribution in [1.82, 2.24) is 15.5 Å². The number of rotatable bonds is 9. The molecule has 0 saturated heterocycles. The molecule has 3 aromatic rings. The standard InChI is InChI=1S/C18H19N3O4S/c1-23-14-4-2-3-5-15(14)24-10-9-19-16(22)6-7-17-20-18(21-25-17)13-8-11-26-12-13/h2-5,8,11-12H,6-7,9-10H2,1H3,(H,19,22). The predicted octanol–water partition coefficient (Wildman–Crippen LogP) is 2.93. The van der Waals surface area contributed by atoms with Gasteiger partial charge in [0.1, 0.15) is 6.61 Å². The number of benzene rings is 1. The molecule has 2 heterocycles. The van der Waals surface area contributed by atoms with E-state index in [1.165, 1.54) is 0 Å². The van der Waals surface area contributed by atoms with Crippen LogP contribution in [-0.2, 0) is 11.2 Å². The van der Waals surface area contributed by atoms with Gasteiger partial charge in [-0.25, -0.2) is 0 Å². The summed E-state index contributed by atoms with van der Waals surface area (Å²) in [5.41, 5.74) is 0.919. The fourth-order valence-corrected chi connectivity index (χ4v) is 2.90. The van der Waals surface area contributed by atoms with Gasteiger partial charge in [-0.05, 0) is 23.6 Å². The maximum absolute atomic E-state index is 11.9. The highest BCUT2D eigenvalue weighted by molar-refractivity contribution is 7.08. The van der Waals surface area contributed by atoms with Crippen LogP contribution < -0.4 is 14.8 Å². The number of methoxy groups -OCH3 is 1. The van der Waals surface area contributed by atoms with Crippen LogP contribution in [0.3, 0.4) is 0 Å². The second kappa shape index (κ2) is 9.00. The maximum Gasteiger partial charge on any atom is 0.227 e. The zero-order chi connectivity index (χ0) is 18.2. The summed E-state index contributed by atoms with van der Waals surface area (Å²) in [5, 5.41) is 10.6. The maximum atomic E-state index is 11.9. The number of nitrogens with zero attached hydrogens (tertiary/aromatic N) is 2. The minimum Gasteiger partial charge on any atom is -0.493 e. The van der Waals surface area contributed by atoms with Gasteiger partial charge in [0.05, 0.1) is 13.7 Å². The van der Waals surface area contributed by atoms with Crippen molar-refractivity contribution in [2.45, 2.75) is 12.8 Å². The van der Waals surface area contributed by atoms with Crippen molar-refractivity contribution in [3.05, 3.63) is 47.0 Å². The highest BCUT2D eigenvalue weighted by Crippen LogP contribution is 2.25. The molecule has 0 aliphatic rings. The lowest BCUT2D eigenvalue weighted by molar-refractivity contribution is -0.121. The van der Waals surface area contributed by atoms with E-state index in [1.54, 1.807) is 18.4 Å². The van der Waals surface area contributed by atoms with Gasteiger partial charge < -0.3 is 19.3 Å². The Labute approximate surface area is 154 Å². The molecule has 2 aromatic heterocycles. The third-order valence-corrected chi connectivity index (χ3v) is 4.25. The normalized spacial score (nSPS) is 10.5. The second-order valence-electron chi connectivity index (χ2n) is 5.37. The molecule has 0 bridgehead atoms. The van der Waals surface area contributed by atoms with Crippen molar-refractivity contribution in [2.75, 3.05) is 20.3 Å². The SMILES string of the molecule is COc1ccccc1OCCNC(=O)CCc1nc(-c2ccsc2)no1. The zero-order valence-corrected chi connectivity index (χ0v) is 15.1. The van der Waals surface area contributed by atoms with E-state index in [4.69, 9.17) is 14.0 Å². The van der Waals surface area contributed by atoms with E-state index in [2.05, 4.69) is 15.5 Å². The lowest BCUT2D eigenvalue weighted by Crippen LogP contribution is -2.28. The number of carbonyl (C=O) groups excluding carboxylic acids is 1. The Balaban J connectivity index is 1.37. The number of thiophene rings is 1. The summed E-state index contributed by atoms with van der Waals surface area (Å²) in [6.45, 7) is 0.760. The van der Waals surface area contributed by atoms with Gasteiger partial charge in [-0.15, -0.1) is 0 Å². The quantitative estimate of drug-likeness (QED) is 0.581. The van der Waals surface area contributed by atoms with Gasteiger partial charge in [-0.2, -0.15) is 16.3 Å². The van der Waals surface area contributed by atoms with Crippen molar-refractivity contribution in [2.24, 2.45) is 0 Å². The average molecular weight is 373 g/mol. The average Bonchev–Trinajstić information content (AvgIpc) is 3.35. The molecule has 1 N–H and O–H groups in total. The molecule has 0 aliphatic carbocycles. The third kappa shape index (κ3) is 4.82. The molecule has 7 nitrogen and oxygen atoms in total. The summed E-state index contributed by atoms with van der Waals surface area (Å²) in [6.07, 6.45) is 0.677. The summed E-state index contributed by atoms with van der Waals surface area (Å²) in [4.78, 5) is 16.2. The third-order valence-electron chi connectivity index (χ3n) is 3.56. The molecular formula is C18H19N3O4S. The Kier molecular flexibility index (Phi) is 6.21. The minimum atomic E-state index is -0.0936. The van der Waals surface area contributed by atoms with E-state index in [-0.39, 0.29) is 12.3 Å². The molecule has 1 aromatic carbocycles. The molecule has 0 saturated carbocycles. The van der Waals surface area contributed by atoms with Crippen molar-refractivity contribution >= 4 is 17.2 Å². The Morgan fingerprint density at radius 3 is 2.88 bits per heavy atom. The molecular weight excluding hydrogens is 354 g/mol. The number of amides is 1. The first kappa shape index (κ1) is 17.9. The van der Waals surface area contributed by atoms with E-state index in [9.17, 15) is 4.79 Å². The number of nitrogens with one attached hydrogen (secondary N) is 1. The van der Waals surface area contributed by atoms with Crippen LogP contribution in [0.4, 0.5) is 0 Å². The van der Waals surface area contributed by atoms with Crippen LogP contribution in [0.25, 0.3) is 11.4 Å². The fourth-order valence-electron chi connectivity index (χ4n) is 2.26. The predicted molar refractivity (Wildman–Crippen MR) is 97.4 cm³/mol. The molecule has 0 radical (unpaired) electrons. The number of carbonyl (C=O) groups is 1. The molecule has 3 rings (SSSR count). The first-order valence-corrected chi connectivity index (χ1v) is 9.08. The van der Waals surface area contributed by atoms with E-state index in [1.807, 2.05) is 41.1 Å². The topological polar surface area (TPSA) is 86.5 Å². The van der Waals surface area contributed by atoms with E-state index >= 15 is 0 Å². The van der Waals surface area contributed by atoms with E-state index in [0.29, 0.717) is 42.8 Å². The first-order chi connectivity index (χ1) is 12.8. The molecule has 8 heteroatoms. The fraction of sp³-hybridized carbons (Fsp3) is 0.278. The lowest BCUT2D eigenvalue weighted by Gasteiger charge is -2.10. The van der Waals surface area contributed by atoms with E-state index < -0.39 is 0 Å². The number of ether oxygens (including phenoxy) is 2. The largest absolute Gasteiger partial charge is 0.493 e. The number of para-hydroxylation sites is 2. The Morgan fingerprint density at radius 1 is 1.27 bits per heavy atom. The van der Waals surface area contributed by atoms with Crippen molar-refractivity contribution in [1.29, 1.82) is 0 Å². The highest BCUT2D eigenvalue weighted by Gasteiger charge is 2.11. The smallest absolute Gasteiger partial charge is 0.227 e. The molecule has 0 spiro atoms. The van der Waals surface area contributed by atoms with Gasteiger partial charge in [0.25, 0.3) is 0 Å². The van der Waals surface area contributed by atoms with Gasteiger partial charge >= 0.3 is 0 Å². The Morgan fingerprint density at radius 2 is 2.12 bits per heavy atom. The van der Waals surface area contributed by atoms with Gasteiger partial charge in [-0.3, -0.25) is 4.79 Å². The molecule has 0 atom stereocenters. The second-order valence-corrected chi connectivity index (χ2v) is 6.15. The lowest BCUT2D eigenvalue weighted by atomic mass is 10.3. The van der Waals surface area contributed by atoms with E-state index in [0.717, 1.165) is 5.56 Å². The summed E-state index contributed by atoms with van der Waals surface area (Å²) < 4.78 is 16.0. The van der Waals surface area contributed by atoms with Gasteiger partial charge in [-0.1, -0.05) is 17.3 Å². The van der Waals surface area contributed by atoms with Crippen LogP contribution >= 0.6 is 11.3 Å². The number of aryl methyl sites for hydroxylation is 1. The number of hydrogen-bond acceptors (Lipinski definition) is 7.